The summed E-state index contributed by atoms with van der Waals surface area (Å²) in [7, 11) is 0. The molecule has 1 fully saturated rings. The number of nitrogens with one attached hydrogen (secondary N) is 1. The molecular weight excluding hydrogens is 292 g/mol. The monoisotopic (exact) mass is 306 g/mol. The van der Waals surface area contributed by atoms with E-state index in [0.29, 0.717) is 5.69 Å². The van der Waals surface area contributed by atoms with E-state index in [-0.39, 0.29) is 30.6 Å². The number of imide groups is 1. The van der Waals surface area contributed by atoms with E-state index in [1.54, 1.807) is 4.90 Å². The summed E-state index contributed by atoms with van der Waals surface area (Å²) in [5.74, 6) is -0.887. The summed E-state index contributed by atoms with van der Waals surface area (Å²) >= 11 is 0. The molecule has 0 unspecified atom stereocenters. The molecule has 0 aliphatic carbocycles. The van der Waals surface area contributed by atoms with E-state index in [4.69, 9.17) is 0 Å². The molecular formula is C18H14N2O3. The molecule has 2 aromatic rings. The number of carbonyl (C=O) groups is 3. The number of para-hydroxylation sites is 2. The summed E-state index contributed by atoms with van der Waals surface area (Å²) in [5.41, 5.74) is 1.08. The van der Waals surface area contributed by atoms with E-state index < -0.39 is 5.41 Å². The molecule has 0 saturated carbocycles. The maximum Gasteiger partial charge on any atom is 0.238 e. The molecule has 3 amide bonds. The van der Waals surface area contributed by atoms with Crippen molar-refractivity contribution in [1.29, 1.82) is 0 Å². The summed E-state index contributed by atoms with van der Waals surface area (Å²) in [6, 6.07) is 16.6. The second-order valence-electron chi connectivity index (χ2n) is 5.89. The molecule has 2 aliphatic heterocycles. The predicted molar refractivity (Wildman–Crippen MR) is 84.1 cm³/mol. The van der Waals surface area contributed by atoms with Gasteiger partial charge in [-0.3, -0.25) is 24.6 Å². The highest BCUT2D eigenvalue weighted by atomic mass is 16.2. The number of fused-ring (bicyclic) bond motifs is 2. The van der Waals surface area contributed by atoms with Gasteiger partial charge in [0.1, 0.15) is 0 Å². The van der Waals surface area contributed by atoms with Crippen LogP contribution < -0.4 is 10.2 Å². The number of benzene rings is 2. The Morgan fingerprint density at radius 1 is 0.870 bits per heavy atom. The molecule has 23 heavy (non-hydrogen) atoms. The lowest BCUT2D eigenvalue weighted by atomic mass is 9.72. The highest BCUT2D eigenvalue weighted by Gasteiger charge is 2.54. The number of carbonyl (C=O) groups excluding carboxylic acids is 3. The van der Waals surface area contributed by atoms with Gasteiger partial charge >= 0.3 is 0 Å². The number of rotatable bonds is 1. The van der Waals surface area contributed by atoms with Gasteiger partial charge < -0.3 is 0 Å². The molecule has 0 aromatic heterocycles. The number of nitrogens with zero attached hydrogens (tertiary/aromatic N) is 1. The van der Waals surface area contributed by atoms with Gasteiger partial charge in [-0.15, -0.1) is 0 Å². The number of amides is 3. The van der Waals surface area contributed by atoms with Crippen molar-refractivity contribution in [2.75, 3.05) is 4.90 Å². The lowest BCUT2D eigenvalue weighted by Crippen LogP contribution is -2.46. The van der Waals surface area contributed by atoms with Crippen LogP contribution >= 0.6 is 0 Å². The molecule has 2 heterocycles. The minimum Gasteiger partial charge on any atom is -0.296 e. The van der Waals surface area contributed by atoms with Crippen LogP contribution in [0.25, 0.3) is 0 Å². The second-order valence-corrected chi connectivity index (χ2v) is 5.89. The van der Waals surface area contributed by atoms with Gasteiger partial charge in [0, 0.05) is 18.5 Å². The molecule has 0 radical (unpaired) electrons. The second kappa shape index (κ2) is 4.78. The summed E-state index contributed by atoms with van der Waals surface area (Å²) in [6.07, 6.45) is 0.0215. The van der Waals surface area contributed by atoms with Gasteiger partial charge in [0.05, 0.1) is 11.1 Å². The van der Waals surface area contributed by atoms with Crippen LogP contribution in [0.2, 0.25) is 0 Å². The van der Waals surface area contributed by atoms with Crippen molar-refractivity contribution in [1.82, 2.24) is 5.32 Å². The van der Waals surface area contributed by atoms with Gasteiger partial charge in [-0.25, -0.2) is 0 Å². The molecule has 2 aromatic carbocycles. The van der Waals surface area contributed by atoms with Gasteiger partial charge in [0.2, 0.25) is 17.7 Å². The van der Waals surface area contributed by atoms with Crippen molar-refractivity contribution in [2.24, 2.45) is 0 Å². The standard InChI is InChI=1S/C18H14N2O3/c21-15-10-18(17(23)19-15)11-16(22)20(12-6-2-1-3-7-12)14-9-5-4-8-13(14)18/h1-9H,10-11H2,(H,19,21,23)/t18-/m0/s1. The Hall–Kier alpha value is -2.95. The van der Waals surface area contributed by atoms with Crippen molar-refractivity contribution in [3.8, 4) is 0 Å². The predicted octanol–water partition coefficient (Wildman–Crippen LogP) is 2.04. The molecule has 114 valence electrons. The van der Waals surface area contributed by atoms with Crippen molar-refractivity contribution < 1.29 is 14.4 Å². The molecule has 1 saturated heterocycles. The van der Waals surface area contributed by atoms with Gasteiger partial charge in [-0.1, -0.05) is 36.4 Å². The topological polar surface area (TPSA) is 66.5 Å². The fourth-order valence-corrected chi connectivity index (χ4v) is 3.51. The van der Waals surface area contributed by atoms with E-state index in [1.807, 2.05) is 54.6 Å². The fraction of sp³-hybridized carbons (Fsp3) is 0.167. The molecule has 4 rings (SSSR count). The Morgan fingerprint density at radius 2 is 1.57 bits per heavy atom. The van der Waals surface area contributed by atoms with Crippen LogP contribution in [0.3, 0.4) is 0 Å². The summed E-state index contributed by atoms with van der Waals surface area (Å²) in [5, 5.41) is 2.34. The molecule has 1 spiro atoms. The third-order valence-electron chi connectivity index (χ3n) is 4.53. The SMILES string of the molecule is O=C1C[C@@]2(CC(=O)N(c3ccccc3)c3ccccc32)C(=O)N1. The molecule has 1 atom stereocenters. The number of hydrogen-bond acceptors (Lipinski definition) is 3. The van der Waals surface area contributed by atoms with E-state index in [9.17, 15) is 14.4 Å². The molecule has 2 aliphatic rings. The minimum absolute atomic E-state index is 0.00349. The van der Waals surface area contributed by atoms with Gasteiger partial charge in [-0.05, 0) is 23.8 Å². The third-order valence-corrected chi connectivity index (χ3v) is 4.53. The Balaban J connectivity index is 1.93. The Morgan fingerprint density at radius 3 is 2.26 bits per heavy atom. The average molecular weight is 306 g/mol. The third kappa shape index (κ3) is 1.90. The largest absolute Gasteiger partial charge is 0.296 e. The van der Waals surface area contributed by atoms with Crippen LogP contribution in [-0.2, 0) is 19.8 Å². The Kier molecular flexibility index (Phi) is 2.84. The maximum absolute atomic E-state index is 12.8. The average Bonchev–Trinajstić information content (AvgIpc) is 2.83. The first-order chi connectivity index (χ1) is 11.1. The van der Waals surface area contributed by atoms with Crippen LogP contribution in [0.5, 0.6) is 0 Å². The van der Waals surface area contributed by atoms with Gasteiger partial charge in [0.25, 0.3) is 0 Å². The van der Waals surface area contributed by atoms with E-state index >= 15 is 0 Å². The number of anilines is 2. The zero-order valence-electron chi connectivity index (χ0n) is 12.3. The Bertz CT molecular complexity index is 831. The molecule has 5 nitrogen and oxygen atoms in total. The van der Waals surface area contributed by atoms with Crippen molar-refractivity contribution in [3.05, 3.63) is 60.2 Å². The number of hydrogen-bond donors (Lipinski definition) is 1. The van der Waals surface area contributed by atoms with Gasteiger partial charge in [0.15, 0.2) is 0 Å². The summed E-state index contributed by atoms with van der Waals surface area (Å²) in [6.45, 7) is 0. The quantitative estimate of drug-likeness (QED) is 0.820. The summed E-state index contributed by atoms with van der Waals surface area (Å²) in [4.78, 5) is 38.6. The van der Waals surface area contributed by atoms with Crippen molar-refractivity contribution in [2.45, 2.75) is 18.3 Å². The fourth-order valence-electron chi connectivity index (χ4n) is 3.51. The van der Waals surface area contributed by atoms with Crippen LogP contribution in [0, 0.1) is 0 Å². The van der Waals surface area contributed by atoms with Crippen LogP contribution in [0.4, 0.5) is 11.4 Å². The van der Waals surface area contributed by atoms with E-state index in [1.165, 1.54) is 0 Å². The van der Waals surface area contributed by atoms with Gasteiger partial charge in [-0.2, -0.15) is 0 Å². The lowest BCUT2D eigenvalue weighted by Gasteiger charge is -2.38. The minimum atomic E-state index is -1.07. The highest BCUT2D eigenvalue weighted by Crippen LogP contribution is 2.47. The van der Waals surface area contributed by atoms with Crippen molar-refractivity contribution in [3.63, 3.8) is 0 Å². The first kappa shape index (κ1) is 13.7. The van der Waals surface area contributed by atoms with E-state index in [2.05, 4.69) is 5.32 Å². The summed E-state index contributed by atoms with van der Waals surface area (Å²) < 4.78 is 0. The maximum atomic E-state index is 12.8. The van der Waals surface area contributed by atoms with Crippen LogP contribution in [0.1, 0.15) is 18.4 Å². The first-order valence-electron chi connectivity index (χ1n) is 7.44. The lowest BCUT2D eigenvalue weighted by molar-refractivity contribution is -0.129. The molecule has 0 bridgehead atoms. The Labute approximate surface area is 132 Å². The van der Waals surface area contributed by atoms with Crippen LogP contribution in [-0.4, -0.2) is 17.7 Å². The molecule has 1 N–H and O–H groups in total. The molecule has 5 heteroatoms. The highest BCUT2D eigenvalue weighted by molar-refractivity contribution is 6.16. The zero-order chi connectivity index (χ0) is 16.0. The van der Waals surface area contributed by atoms with Crippen molar-refractivity contribution >= 4 is 29.1 Å². The van der Waals surface area contributed by atoms with E-state index in [0.717, 1.165) is 11.3 Å². The van der Waals surface area contributed by atoms with Crippen LogP contribution in [0.15, 0.2) is 54.6 Å². The first-order valence-corrected chi connectivity index (χ1v) is 7.44. The normalized spacial score (nSPS) is 23.1. The zero-order valence-corrected chi connectivity index (χ0v) is 12.3. The smallest absolute Gasteiger partial charge is 0.238 e.